The van der Waals surface area contributed by atoms with Gasteiger partial charge in [-0.3, -0.25) is 10.1 Å². The fraction of sp³-hybridized carbons (Fsp3) is 0.267. The maximum absolute atomic E-state index is 11.3. The van der Waals surface area contributed by atoms with Crippen molar-refractivity contribution in [1.82, 2.24) is 4.98 Å². The van der Waals surface area contributed by atoms with Crippen LogP contribution in [-0.4, -0.2) is 16.5 Å². The lowest BCUT2D eigenvalue weighted by atomic mass is 10.0. The maximum Gasteiger partial charge on any atom is 0.312 e. The van der Waals surface area contributed by atoms with Crippen LogP contribution in [0.4, 0.5) is 11.5 Å². The molecule has 0 amide bonds. The van der Waals surface area contributed by atoms with Crippen LogP contribution >= 0.6 is 15.9 Å². The maximum atomic E-state index is 11.3. The fourth-order valence-corrected chi connectivity index (χ4v) is 3.00. The summed E-state index contributed by atoms with van der Waals surface area (Å²) in [4.78, 5) is 17.2. The predicted octanol–water partition coefficient (Wildman–Crippen LogP) is 3.71. The Kier molecular flexibility index (Phi) is 3.88. The van der Waals surface area contributed by atoms with E-state index in [9.17, 15) is 10.1 Å². The molecule has 0 spiro atoms. The topological polar surface area (TPSA) is 59.3 Å². The van der Waals surface area contributed by atoms with Crippen molar-refractivity contribution in [3.8, 4) is 0 Å². The molecule has 108 valence electrons. The quantitative estimate of drug-likeness (QED) is 0.613. The molecule has 2 aromatic rings. The van der Waals surface area contributed by atoms with Gasteiger partial charge in [0.25, 0.3) is 0 Å². The van der Waals surface area contributed by atoms with E-state index in [0.29, 0.717) is 16.8 Å². The molecule has 0 atom stereocenters. The van der Waals surface area contributed by atoms with Gasteiger partial charge in [-0.2, -0.15) is 0 Å². The van der Waals surface area contributed by atoms with Crippen LogP contribution in [-0.2, 0) is 13.0 Å². The minimum absolute atomic E-state index is 0.0451. The van der Waals surface area contributed by atoms with Crippen LogP contribution in [0.3, 0.4) is 0 Å². The number of fused-ring (bicyclic) bond motifs is 1. The average Bonchev–Trinajstić information content (AvgIpc) is 2.69. The molecule has 6 heteroatoms. The molecule has 1 aliphatic rings. The second kappa shape index (κ2) is 5.81. The molecule has 1 aromatic heterocycles. The zero-order valence-corrected chi connectivity index (χ0v) is 12.9. The number of anilines is 1. The summed E-state index contributed by atoms with van der Waals surface area (Å²) in [5.41, 5.74) is 2.58. The van der Waals surface area contributed by atoms with Crippen LogP contribution in [0.25, 0.3) is 0 Å². The highest BCUT2D eigenvalue weighted by molar-refractivity contribution is 9.10. The third kappa shape index (κ3) is 2.90. The van der Waals surface area contributed by atoms with E-state index in [0.717, 1.165) is 19.4 Å². The van der Waals surface area contributed by atoms with E-state index in [1.807, 2.05) is 17.0 Å². The van der Waals surface area contributed by atoms with Crippen molar-refractivity contribution in [2.24, 2.45) is 0 Å². The Hall–Kier alpha value is -1.95. The van der Waals surface area contributed by atoms with E-state index in [2.05, 4.69) is 33.0 Å². The second-order valence-corrected chi connectivity index (χ2v) is 5.96. The van der Waals surface area contributed by atoms with Crippen LogP contribution in [0.5, 0.6) is 0 Å². The highest BCUT2D eigenvalue weighted by Crippen LogP contribution is 2.31. The monoisotopic (exact) mass is 347 g/mol. The van der Waals surface area contributed by atoms with Crippen molar-refractivity contribution in [2.45, 2.75) is 19.4 Å². The van der Waals surface area contributed by atoms with Gasteiger partial charge in [0.2, 0.25) is 5.82 Å². The van der Waals surface area contributed by atoms with Crippen molar-refractivity contribution >= 4 is 27.4 Å². The lowest BCUT2D eigenvalue weighted by Crippen LogP contribution is -2.24. The lowest BCUT2D eigenvalue weighted by molar-refractivity contribution is -0.384. The average molecular weight is 348 g/mol. The number of rotatable bonds is 2. The van der Waals surface area contributed by atoms with Gasteiger partial charge in [0.15, 0.2) is 0 Å². The molecule has 1 aromatic carbocycles. The van der Waals surface area contributed by atoms with Gasteiger partial charge in [0, 0.05) is 29.8 Å². The summed E-state index contributed by atoms with van der Waals surface area (Å²) in [5, 5.41) is 11.3. The van der Waals surface area contributed by atoms with Crippen molar-refractivity contribution in [3.63, 3.8) is 0 Å². The van der Waals surface area contributed by atoms with E-state index < -0.39 is 0 Å². The van der Waals surface area contributed by atoms with Gasteiger partial charge in [0.1, 0.15) is 0 Å². The van der Waals surface area contributed by atoms with E-state index in [4.69, 9.17) is 0 Å². The van der Waals surface area contributed by atoms with Crippen molar-refractivity contribution in [2.75, 3.05) is 11.4 Å². The predicted molar refractivity (Wildman–Crippen MR) is 84.4 cm³/mol. The normalized spacial score (nSPS) is 14.4. The van der Waals surface area contributed by atoms with E-state index in [1.54, 1.807) is 6.20 Å². The van der Waals surface area contributed by atoms with Gasteiger partial charge < -0.3 is 4.90 Å². The van der Waals surface area contributed by atoms with Gasteiger partial charge in [-0.05, 0) is 39.9 Å². The number of hydrogen-bond donors (Lipinski definition) is 0. The number of pyridine rings is 1. The third-order valence-electron chi connectivity index (χ3n) is 3.66. The minimum Gasteiger partial charge on any atom is -0.347 e. The van der Waals surface area contributed by atoms with Crippen LogP contribution in [0.2, 0.25) is 0 Å². The first-order valence-electron chi connectivity index (χ1n) is 6.77. The van der Waals surface area contributed by atoms with Gasteiger partial charge in [-0.1, -0.05) is 24.3 Å². The Balaban J connectivity index is 2.00. The zero-order valence-electron chi connectivity index (χ0n) is 11.3. The summed E-state index contributed by atoms with van der Waals surface area (Å²) < 4.78 is 0.619. The van der Waals surface area contributed by atoms with E-state index in [-0.39, 0.29) is 10.6 Å². The fourth-order valence-electron chi connectivity index (χ4n) is 2.68. The molecule has 0 aliphatic carbocycles. The molecule has 0 saturated heterocycles. The minimum atomic E-state index is -0.371. The van der Waals surface area contributed by atoms with Gasteiger partial charge in [0.05, 0.1) is 4.92 Å². The Morgan fingerprint density at radius 1 is 1.29 bits per heavy atom. The number of halogens is 1. The standard InChI is InChI=1S/C15H14BrN3O2/c16-13-8-14(19(20)21)15(17-9-13)18-7-3-6-11-4-1-2-5-12(11)10-18/h1-2,4-5,8-9H,3,6-7,10H2. The number of nitro groups is 1. The second-order valence-electron chi connectivity index (χ2n) is 5.05. The molecule has 5 nitrogen and oxygen atoms in total. The summed E-state index contributed by atoms with van der Waals surface area (Å²) in [7, 11) is 0. The highest BCUT2D eigenvalue weighted by Gasteiger charge is 2.23. The van der Waals surface area contributed by atoms with Gasteiger partial charge >= 0.3 is 5.69 Å². The van der Waals surface area contributed by atoms with Crippen LogP contribution in [0, 0.1) is 10.1 Å². The molecule has 21 heavy (non-hydrogen) atoms. The van der Waals surface area contributed by atoms with E-state index >= 15 is 0 Å². The number of hydrogen-bond acceptors (Lipinski definition) is 4. The SMILES string of the molecule is O=[N+]([O-])c1cc(Br)cnc1N1CCCc2ccccc2C1. The van der Waals surface area contributed by atoms with Crippen molar-refractivity contribution < 1.29 is 4.92 Å². The first-order valence-corrected chi connectivity index (χ1v) is 7.56. The first kappa shape index (κ1) is 14.0. The third-order valence-corrected chi connectivity index (χ3v) is 4.10. The Morgan fingerprint density at radius 3 is 2.81 bits per heavy atom. The Labute approximate surface area is 130 Å². The Morgan fingerprint density at radius 2 is 2.05 bits per heavy atom. The molecule has 3 rings (SSSR count). The molecular weight excluding hydrogens is 334 g/mol. The summed E-state index contributed by atoms with van der Waals surface area (Å²) in [6.07, 6.45) is 3.57. The van der Waals surface area contributed by atoms with Crippen LogP contribution in [0.1, 0.15) is 17.5 Å². The number of aromatic nitrogens is 1. The zero-order chi connectivity index (χ0) is 14.8. The summed E-state index contributed by atoms with van der Waals surface area (Å²) in [6, 6.07) is 9.76. The number of benzene rings is 1. The molecule has 0 saturated carbocycles. The van der Waals surface area contributed by atoms with Gasteiger partial charge in [-0.25, -0.2) is 4.98 Å². The first-order chi connectivity index (χ1) is 10.1. The molecular formula is C15H14BrN3O2. The summed E-state index contributed by atoms with van der Waals surface area (Å²) in [5.74, 6) is 0.444. The molecule has 0 bridgehead atoms. The van der Waals surface area contributed by atoms with E-state index in [1.165, 1.54) is 17.2 Å². The smallest absolute Gasteiger partial charge is 0.312 e. The molecule has 0 fully saturated rings. The molecule has 1 aliphatic heterocycles. The molecule has 0 unspecified atom stereocenters. The summed E-state index contributed by atoms with van der Waals surface area (Å²) in [6.45, 7) is 1.43. The number of aryl methyl sites for hydroxylation is 1. The van der Waals surface area contributed by atoms with Crippen molar-refractivity contribution in [3.05, 3.63) is 62.2 Å². The van der Waals surface area contributed by atoms with Crippen LogP contribution in [0.15, 0.2) is 41.0 Å². The van der Waals surface area contributed by atoms with Gasteiger partial charge in [-0.15, -0.1) is 0 Å². The Bertz CT molecular complexity index is 690. The molecule has 0 N–H and O–H groups in total. The summed E-state index contributed by atoms with van der Waals surface area (Å²) >= 11 is 3.24. The molecule has 2 heterocycles. The highest BCUT2D eigenvalue weighted by atomic mass is 79.9. The molecule has 0 radical (unpaired) electrons. The lowest BCUT2D eigenvalue weighted by Gasteiger charge is -2.21. The van der Waals surface area contributed by atoms with Crippen LogP contribution < -0.4 is 4.90 Å². The number of nitrogens with zero attached hydrogens (tertiary/aromatic N) is 3. The largest absolute Gasteiger partial charge is 0.347 e. The van der Waals surface area contributed by atoms with Crippen molar-refractivity contribution in [1.29, 1.82) is 0 Å².